The van der Waals surface area contributed by atoms with Crippen LogP contribution in [0.15, 0.2) is 63.0 Å². The number of hydrogen-bond donors (Lipinski definition) is 1. The second kappa shape index (κ2) is 8.09. The van der Waals surface area contributed by atoms with E-state index in [2.05, 4.69) is 10.2 Å². The molecule has 4 rings (SSSR count). The quantitative estimate of drug-likeness (QED) is 0.663. The Morgan fingerprint density at radius 2 is 1.86 bits per heavy atom. The van der Waals surface area contributed by atoms with Crippen molar-refractivity contribution in [3.05, 3.63) is 65.6 Å². The molecule has 0 bridgehead atoms. The van der Waals surface area contributed by atoms with Crippen molar-refractivity contribution in [1.82, 2.24) is 14.5 Å². The SMILES string of the molecule is O=S(=O)(/C=C/c1ccccc1)N1CC[NH+](Cc2nnc(-c3ccco3)o2)CC1. The van der Waals surface area contributed by atoms with Crippen molar-refractivity contribution < 1.29 is 22.2 Å². The molecule has 146 valence electrons. The van der Waals surface area contributed by atoms with Crippen LogP contribution in [0.1, 0.15) is 11.5 Å². The summed E-state index contributed by atoms with van der Waals surface area (Å²) in [5, 5.41) is 9.33. The Balaban J connectivity index is 1.32. The molecule has 3 heterocycles. The second-order valence-corrected chi connectivity index (χ2v) is 8.38. The Kier molecular flexibility index (Phi) is 5.38. The largest absolute Gasteiger partial charge is 0.459 e. The highest BCUT2D eigenvalue weighted by atomic mass is 32.2. The first-order valence-electron chi connectivity index (χ1n) is 9.03. The van der Waals surface area contributed by atoms with E-state index >= 15 is 0 Å². The molecule has 3 aromatic rings. The molecule has 1 aliphatic rings. The van der Waals surface area contributed by atoms with Crippen molar-refractivity contribution >= 4 is 16.1 Å². The van der Waals surface area contributed by atoms with E-state index in [-0.39, 0.29) is 0 Å². The van der Waals surface area contributed by atoms with Crippen LogP contribution in [-0.4, -0.2) is 49.1 Å². The van der Waals surface area contributed by atoms with E-state index in [1.165, 1.54) is 14.6 Å². The molecule has 0 amide bonds. The van der Waals surface area contributed by atoms with Crippen molar-refractivity contribution in [2.75, 3.05) is 26.2 Å². The molecule has 8 nitrogen and oxygen atoms in total. The smallest absolute Gasteiger partial charge is 0.283 e. The van der Waals surface area contributed by atoms with Gasteiger partial charge in [0.15, 0.2) is 12.3 Å². The molecule has 0 radical (unpaired) electrons. The third-order valence-corrected chi connectivity index (χ3v) is 6.19. The number of furan rings is 1. The lowest BCUT2D eigenvalue weighted by Gasteiger charge is -2.29. The van der Waals surface area contributed by atoms with E-state index in [0.29, 0.717) is 50.3 Å². The van der Waals surface area contributed by atoms with Crippen molar-refractivity contribution in [1.29, 1.82) is 0 Å². The van der Waals surface area contributed by atoms with E-state index in [9.17, 15) is 8.42 Å². The van der Waals surface area contributed by atoms with Crippen LogP contribution < -0.4 is 4.90 Å². The summed E-state index contributed by atoms with van der Waals surface area (Å²) in [5.41, 5.74) is 0.860. The molecule has 0 spiro atoms. The van der Waals surface area contributed by atoms with Gasteiger partial charge in [-0.25, -0.2) is 8.42 Å². The molecule has 1 aromatic carbocycles. The van der Waals surface area contributed by atoms with Gasteiger partial charge < -0.3 is 13.7 Å². The van der Waals surface area contributed by atoms with Crippen molar-refractivity contribution in [3.8, 4) is 11.7 Å². The minimum absolute atomic E-state index is 0.353. The third-order valence-electron chi connectivity index (χ3n) is 4.62. The Bertz CT molecular complexity index is 1020. The molecule has 0 unspecified atom stereocenters. The Morgan fingerprint density at radius 3 is 2.57 bits per heavy atom. The number of piperazine rings is 1. The summed E-state index contributed by atoms with van der Waals surface area (Å²) in [5.74, 6) is 1.41. The number of rotatable bonds is 6. The lowest BCUT2D eigenvalue weighted by atomic mass is 10.2. The summed E-state index contributed by atoms with van der Waals surface area (Å²) in [6.07, 6.45) is 3.18. The van der Waals surface area contributed by atoms with Gasteiger partial charge in [-0.1, -0.05) is 30.3 Å². The van der Waals surface area contributed by atoms with Gasteiger partial charge in [-0.15, -0.1) is 10.2 Å². The van der Waals surface area contributed by atoms with Crippen LogP contribution in [0.25, 0.3) is 17.7 Å². The van der Waals surface area contributed by atoms with Gasteiger partial charge >= 0.3 is 0 Å². The fourth-order valence-corrected chi connectivity index (χ4v) is 4.28. The normalized spacial score (nSPS) is 16.7. The Morgan fingerprint density at radius 1 is 1.07 bits per heavy atom. The van der Waals surface area contributed by atoms with Gasteiger partial charge in [-0.2, -0.15) is 4.31 Å². The average Bonchev–Trinajstić information content (AvgIpc) is 3.40. The zero-order valence-corrected chi connectivity index (χ0v) is 16.0. The zero-order chi connectivity index (χ0) is 19.4. The summed E-state index contributed by atoms with van der Waals surface area (Å²) in [6, 6.07) is 12.9. The summed E-state index contributed by atoms with van der Waals surface area (Å²) in [6.45, 7) is 2.82. The first kappa shape index (κ1) is 18.6. The van der Waals surface area contributed by atoms with Crippen LogP contribution in [0.5, 0.6) is 0 Å². The average molecular weight is 401 g/mol. The van der Waals surface area contributed by atoms with Crippen LogP contribution in [0.4, 0.5) is 0 Å². The second-order valence-electron chi connectivity index (χ2n) is 6.56. The maximum atomic E-state index is 12.5. The predicted octanol–water partition coefficient (Wildman–Crippen LogP) is 1.03. The van der Waals surface area contributed by atoms with Gasteiger partial charge in [0, 0.05) is 5.41 Å². The monoisotopic (exact) mass is 401 g/mol. The van der Waals surface area contributed by atoms with Crippen LogP contribution in [-0.2, 0) is 16.6 Å². The predicted molar refractivity (Wildman–Crippen MR) is 102 cm³/mol. The Labute approximate surface area is 163 Å². The van der Waals surface area contributed by atoms with Gasteiger partial charge in [-0.05, 0) is 23.8 Å². The van der Waals surface area contributed by atoms with E-state index in [1.54, 1.807) is 24.5 Å². The molecule has 0 aliphatic carbocycles. The first-order chi connectivity index (χ1) is 13.6. The van der Waals surface area contributed by atoms with Crippen molar-refractivity contribution in [3.63, 3.8) is 0 Å². The maximum absolute atomic E-state index is 12.5. The number of sulfonamides is 1. The fraction of sp³-hybridized carbons (Fsp3) is 0.263. The molecular formula is C19H21N4O4S+. The van der Waals surface area contributed by atoms with Gasteiger partial charge in [0.1, 0.15) is 0 Å². The molecule has 2 aromatic heterocycles. The first-order valence-corrected chi connectivity index (χ1v) is 10.5. The number of quaternary nitrogens is 1. The molecule has 0 atom stereocenters. The number of aromatic nitrogens is 2. The summed E-state index contributed by atoms with van der Waals surface area (Å²) >= 11 is 0. The van der Waals surface area contributed by atoms with Gasteiger partial charge in [0.05, 0.1) is 32.4 Å². The Hall–Kier alpha value is -2.75. The molecule has 1 N–H and O–H groups in total. The number of nitrogens with one attached hydrogen (secondary N) is 1. The van der Waals surface area contributed by atoms with Gasteiger partial charge in [-0.3, -0.25) is 0 Å². The molecule has 1 aliphatic heterocycles. The molecule has 1 saturated heterocycles. The minimum atomic E-state index is -3.43. The lowest BCUT2D eigenvalue weighted by molar-refractivity contribution is -0.918. The van der Waals surface area contributed by atoms with Crippen molar-refractivity contribution in [2.45, 2.75) is 6.54 Å². The van der Waals surface area contributed by atoms with Crippen LogP contribution in [0.2, 0.25) is 0 Å². The standard InChI is InChI=1S/C19H20N4O4S/c24-28(25,14-8-16-5-2-1-3-6-16)23-11-9-22(10-12-23)15-18-20-21-19(27-18)17-7-4-13-26-17/h1-8,13-14H,9-12,15H2/p+1/b14-8+. The zero-order valence-electron chi connectivity index (χ0n) is 15.2. The lowest BCUT2D eigenvalue weighted by Crippen LogP contribution is -3.13. The molecular weight excluding hydrogens is 380 g/mol. The maximum Gasteiger partial charge on any atom is 0.283 e. The van der Waals surface area contributed by atoms with Gasteiger partial charge in [0.2, 0.25) is 10.0 Å². The minimum Gasteiger partial charge on any atom is -0.459 e. The molecule has 0 saturated carbocycles. The number of nitrogens with zero attached hydrogens (tertiary/aromatic N) is 3. The number of benzene rings is 1. The van der Waals surface area contributed by atoms with Crippen molar-refractivity contribution in [2.24, 2.45) is 0 Å². The third kappa shape index (κ3) is 4.38. The summed E-state index contributed by atoms with van der Waals surface area (Å²) < 4.78 is 37.5. The summed E-state index contributed by atoms with van der Waals surface area (Å²) in [7, 11) is -3.43. The molecule has 1 fully saturated rings. The fourth-order valence-electron chi connectivity index (χ4n) is 3.09. The highest BCUT2D eigenvalue weighted by Gasteiger charge is 2.28. The molecule has 28 heavy (non-hydrogen) atoms. The van der Waals surface area contributed by atoms with E-state index in [1.807, 2.05) is 30.3 Å². The summed E-state index contributed by atoms with van der Waals surface area (Å²) in [4.78, 5) is 1.20. The van der Waals surface area contributed by atoms with E-state index < -0.39 is 10.0 Å². The highest BCUT2D eigenvalue weighted by Crippen LogP contribution is 2.17. The van der Waals surface area contributed by atoms with E-state index in [4.69, 9.17) is 8.83 Å². The topological polar surface area (TPSA) is 93.9 Å². The van der Waals surface area contributed by atoms with E-state index in [0.717, 1.165) is 5.56 Å². The van der Waals surface area contributed by atoms with Crippen LogP contribution in [0.3, 0.4) is 0 Å². The molecule has 9 heteroatoms. The van der Waals surface area contributed by atoms with Crippen LogP contribution in [0, 0.1) is 0 Å². The van der Waals surface area contributed by atoms with Gasteiger partial charge in [0.25, 0.3) is 11.8 Å². The number of hydrogen-bond acceptors (Lipinski definition) is 6. The highest BCUT2D eigenvalue weighted by molar-refractivity contribution is 7.92. The van der Waals surface area contributed by atoms with Crippen LogP contribution >= 0.6 is 0 Å².